The van der Waals surface area contributed by atoms with Crippen LogP contribution < -0.4 is 5.73 Å². The quantitative estimate of drug-likeness (QED) is 0.448. The van der Waals surface area contributed by atoms with Gasteiger partial charge in [0.1, 0.15) is 0 Å². The van der Waals surface area contributed by atoms with Crippen LogP contribution in [0.1, 0.15) is 17.2 Å². The van der Waals surface area contributed by atoms with Crippen LogP contribution in [0.15, 0.2) is 6.07 Å². The lowest BCUT2D eigenvalue weighted by Gasteiger charge is -1.99. The Morgan fingerprint density at radius 1 is 1.36 bits per heavy atom. The van der Waals surface area contributed by atoms with Crippen molar-refractivity contribution in [1.29, 1.82) is 5.41 Å². The first-order valence-corrected chi connectivity index (χ1v) is 3.26. The second-order valence-electron chi connectivity index (χ2n) is 2.39. The molecule has 0 bridgehead atoms. The first kappa shape index (κ1) is 7.65. The van der Waals surface area contributed by atoms with Gasteiger partial charge >= 0.3 is 0 Å². The van der Waals surface area contributed by atoms with Crippen LogP contribution in [0.2, 0.25) is 0 Å². The molecule has 58 valence electrons. The third-order valence-electron chi connectivity index (χ3n) is 1.22. The molecule has 1 aromatic rings. The fourth-order valence-electron chi connectivity index (χ4n) is 0.846. The van der Waals surface area contributed by atoms with Gasteiger partial charge in [-0.1, -0.05) is 0 Å². The van der Waals surface area contributed by atoms with E-state index in [2.05, 4.69) is 9.97 Å². The molecular formula is C7H10N4. The summed E-state index contributed by atoms with van der Waals surface area (Å²) in [5.41, 5.74) is 6.88. The Kier molecular flexibility index (Phi) is 1.85. The average molecular weight is 150 g/mol. The van der Waals surface area contributed by atoms with Gasteiger partial charge in [-0.15, -0.1) is 0 Å². The van der Waals surface area contributed by atoms with Crippen molar-refractivity contribution in [2.24, 2.45) is 5.73 Å². The number of nitrogens with one attached hydrogen (secondary N) is 1. The zero-order valence-electron chi connectivity index (χ0n) is 6.55. The first-order chi connectivity index (χ1) is 5.09. The molecule has 1 aromatic heterocycles. The van der Waals surface area contributed by atoms with E-state index in [4.69, 9.17) is 11.1 Å². The number of nitrogen functional groups attached to an aromatic ring is 1. The minimum Gasteiger partial charge on any atom is -0.381 e. The highest BCUT2D eigenvalue weighted by molar-refractivity contribution is 5.91. The van der Waals surface area contributed by atoms with Gasteiger partial charge in [-0.25, -0.2) is 9.97 Å². The summed E-state index contributed by atoms with van der Waals surface area (Å²) in [5.74, 6) is 0.222. The average Bonchev–Trinajstić information content (AvgIpc) is 1.85. The molecule has 3 N–H and O–H groups in total. The van der Waals surface area contributed by atoms with Crippen LogP contribution in [0, 0.1) is 19.3 Å². The predicted octanol–water partition coefficient (Wildman–Crippen LogP) is 0.378. The number of hydrogen-bond acceptors (Lipinski definition) is 3. The molecule has 0 saturated carbocycles. The molecule has 0 aliphatic rings. The van der Waals surface area contributed by atoms with Gasteiger partial charge in [0.15, 0.2) is 11.7 Å². The number of nitrogens with zero attached hydrogens (tertiary/aromatic N) is 2. The third-order valence-corrected chi connectivity index (χ3v) is 1.22. The summed E-state index contributed by atoms with van der Waals surface area (Å²) in [7, 11) is 0. The van der Waals surface area contributed by atoms with Crippen molar-refractivity contribution in [3.63, 3.8) is 0 Å². The van der Waals surface area contributed by atoms with E-state index in [0.717, 1.165) is 11.4 Å². The minimum atomic E-state index is -0.0863. The summed E-state index contributed by atoms with van der Waals surface area (Å²) in [6.45, 7) is 3.70. The Hall–Kier alpha value is -1.45. The first-order valence-electron chi connectivity index (χ1n) is 3.26. The van der Waals surface area contributed by atoms with Crippen molar-refractivity contribution in [2.45, 2.75) is 13.8 Å². The molecule has 4 nitrogen and oxygen atoms in total. The molecule has 0 aromatic carbocycles. The lowest BCUT2D eigenvalue weighted by atomic mass is 10.3. The summed E-state index contributed by atoms with van der Waals surface area (Å²) in [5, 5.41) is 7.08. The van der Waals surface area contributed by atoms with Gasteiger partial charge in [0.2, 0.25) is 0 Å². The van der Waals surface area contributed by atoms with Gasteiger partial charge in [-0.05, 0) is 19.9 Å². The second-order valence-corrected chi connectivity index (χ2v) is 2.39. The number of amidine groups is 1. The number of aromatic nitrogens is 2. The molecule has 0 unspecified atom stereocenters. The smallest absolute Gasteiger partial charge is 0.194 e. The molecule has 0 aliphatic heterocycles. The maximum absolute atomic E-state index is 7.08. The fourth-order valence-corrected chi connectivity index (χ4v) is 0.846. The fraction of sp³-hybridized carbons (Fsp3) is 0.286. The van der Waals surface area contributed by atoms with Crippen molar-refractivity contribution in [1.82, 2.24) is 9.97 Å². The second kappa shape index (κ2) is 2.65. The van der Waals surface area contributed by atoms with Crippen LogP contribution in [0.25, 0.3) is 0 Å². The molecule has 0 saturated heterocycles. The highest BCUT2D eigenvalue weighted by Gasteiger charge is 2.00. The summed E-state index contributed by atoms with van der Waals surface area (Å²) >= 11 is 0. The van der Waals surface area contributed by atoms with Gasteiger partial charge in [0.05, 0.1) is 0 Å². The van der Waals surface area contributed by atoms with E-state index in [0.29, 0.717) is 5.82 Å². The lowest BCUT2D eigenvalue weighted by molar-refractivity contribution is 1.02. The van der Waals surface area contributed by atoms with Crippen LogP contribution in [0.5, 0.6) is 0 Å². The van der Waals surface area contributed by atoms with Crippen LogP contribution in [-0.2, 0) is 0 Å². The molecule has 0 fully saturated rings. The largest absolute Gasteiger partial charge is 0.381 e. The molecule has 0 aliphatic carbocycles. The van der Waals surface area contributed by atoms with Gasteiger partial charge in [0.25, 0.3) is 0 Å². The highest BCUT2D eigenvalue weighted by Crippen LogP contribution is 1.97. The number of nitrogens with two attached hydrogens (primary N) is 1. The van der Waals surface area contributed by atoms with Gasteiger partial charge in [-0.2, -0.15) is 0 Å². The van der Waals surface area contributed by atoms with Crippen molar-refractivity contribution in [3.05, 3.63) is 23.3 Å². The van der Waals surface area contributed by atoms with Crippen molar-refractivity contribution >= 4 is 5.84 Å². The van der Waals surface area contributed by atoms with E-state index in [-0.39, 0.29) is 5.84 Å². The van der Waals surface area contributed by atoms with E-state index in [9.17, 15) is 0 Å². The van der Waals surface area contributed by atoms with Crippen molar-refractivity contribution in [3.8, 4) is 0 Å². The normalized spacial score (nSPS) is 9.64. The Labute approximate surface area is 65.0 Å². The van der Waals surface area contributed by atoms with Gasteiger partial charge in [-0.3, -0.25) is 5.41 Å². The molecule has 0 amide bonds. The molecule has 0 radical (unpaired) electrons. The molecule has 1 heterocycles. The Balaban J connectivity index is 3.19. The summed E-state index contributed by atoms with van der Waals surface area (Å²) in [6, 6.07) is 1.84. The number of rotatable bonds is 1. The Morgan fingerprint density at radius 3 is 2.18 bits per heavy atom. The van der Waals surface area contributed by atoms with Gasteiger partial charge in [0, 0.05) is 11.4 Å². The third kappa shape index (κ3) is 1.73. The monoisotopic (exact) mass is 150 g/mol. The predicted molar refractivity (Wildman–Crippen MR) is 42.5 cm³/mol. The molecule has 0 atom stereocenters. The summed E-state index contributed by atoms with van der Waals surface area (Å²) in [6.07, 6.45) is 0. The van der Waals surface area contributed by atoms with Crippen LogP contribution in [-0.4, -0.2) is 15.8 Å². The van der Waals surface area contributed by atoms with E-state index < -0.39 is 0 Å². The van der Waals surface area contributed by atoms with E-state index >= 15 is 0 Å². The number of aryl methyl sites for hydroxylation is 2. The topological polar surface area (TPSA) is 75.7 Å². The highest BCUT2D eigenvalue weighted by atomic mass is 14.9. The summed E-state index contributed by atoms with van der Waals surface area (Å²) in [4.78, 5) is 7.95. The van der Waals surface area contributed by atoms with Crippen molar-refractivity contribution < 1.29 is 0 Å². The molecule has 11 heavy (non-hydrogen) atoms. The van der Waals surface area contributed by atoms with E-state index in [1.165, 1.54) is 0 Å². The Bertz CT molecular complexity index is 272. The zero-order chi connectivity index (χ0) is 8.43. The Morgan fingerprint density at radius 2 is 1.82 bits per heavy atom. The maximum atomic E-state index is 7.08. The maximum Gasteiger partial charge on any atom is 0.194 e. The SMILES string of the molecule is Cc1cc(C)nc(C(=N)N)n1. The van der Waals surface area contributed by atoms with Gasteiger partial charge < -0.3 is 5.73 Å². The summed E-state index contributed by atoms with van der Waals surface area (Å²) < 4.78 is 0. The molecular weight excluding hydrogens is 140 g/mol. The lowest BCUT2D eigenvalue weighted by Crippen LogP contribution is -2.16. The van der Waals surface area contributed by atoms with Crippen LogP contribution in [0.4, 0.5) is 0 Å². The number of hydrogen-bond donors (Lipinski definition) is 2. The van der Waals surface area contributed by atoms with E-state index in [1.54, 1.807) is 0 Å². The van der Waals surface area contributed by atoms with Crippen LogP contribution in [0.3, 0.4) is 0 Å². The molecule has 4 heteroatoms. The van der Waals surface area contributed by atoms with E-state index in [1.807, 2.05) is 19.9 Å². The van der Waals surface area contributed by atoms with Crippen molar-refractivity contribution in [2.75, 3.05) is 0 Å². The minimum absolute atomic E-state index is 0.0863. The standard InChI is InChI=1S/C7H10N4/c1-4-3-5(2)11-7(10-4)6(8)9/h3H,1-2H3,(H3,8,9). The zero-order valence-corrected chi connectivity index (χ0v) is 6.55. The van der Waals surface area contributed by atoms with Crippen LogP contribution >= 0.6 is 0 Å². The molecule has 1 rings (SSSR count). The molecule has 0 spiro atoms.